The van der Waals surface area contributed by atoms with E-state index in [1.807, 2.05) is 4.90 Å². The molecule has 9 rings (SSSR count). The molecule has 6 heterocycles. The number of hydrogen-bond donors (Lipinski definition) is 4. The average molecular weight is 1000 g/mol. The fraction of sp³-hybridized carbons (Fsp3) is 0.333. The first-order valence-corrected chi connectivity index (χ1v) is 24.1. The summed E-state index contributed by atoms with van der Waals surface area (Å²) in [6, 6.07) is 14.6. The minimum Gasteiger partial charge on any atom is -0.467 e. The number of piperidine rings is 1. The molecule has 1 unspecified atom stereocenters. The van der Waals surface area contributed by atoms with E-state index in [0.29, 0.717) is 64.1 Å². The van der Waals surface area contributed by atoms with Crippen LogP contribution in [0.2, 0.25) is 5.02 Å². The lowest BCUT2D eigenvalue weighted by Gasteiger charge is -2.34. The van der Waals surface area contributed by atoms with Gasteiger partial charge in [0.2, 0.25) is 23.7 Å². The maximum Gasteiger partial charge on any atom is 0.586 e. The molecule has 0 bridgehead atoms. The van der Waals surface area contributed by atoms with Crippen molar-refractivity contribution in [1.29, 1.82) is 0 Å². The SMILES string of the molecule is COc1nc(Nc2cc(S(C)(=O)=O)ccc2N[C@@H](c2cccc3c2OC(F)(F)O3)c2ncccc2Cl)nc(N2CCN(CCOCCNc3ccc4c(c3)C(=O)N(C3CCC(=O)NC3=O)C4=O)CC2)n1. The summed E-state index contributed by atoms with van der Waals surface area (Å²) in [6.07, 6.45) is -1.26. The van der Waals surface area contributed by atoms with Crippen LogP contribution in [-0.4, -0.2) is 140 Å². The fourth-order valence-corrected chi connectivity index (χ4v) is 9.21. The summed E-state index contributed by atoms with van der Waals surface area (Å²) in [7, 11) is -2.34. The minimum absolute atomic E-state index is 0.0126. The number of halogens is 3. The van der Waals surface area contributed by atoms with Crippen LogP contribution in [0.3, 0.4) is 0 Å². The van der Waals surface area contributed by atoms with Crippen molar-refractivity contribution in [3.05, 3.63) is 100 Å². The number of imide groups is 2. The Morgan fingerprint density at radius 1 is 0.929 bits per heavy atom. The number of nitrogens with one attached hydrogen (secondary N) is 4. The molecule has 25 heteroatoms. The number of sulfone groups is 1. The van der Waals surface area contributed by atoms with E-state index >= 15 is 0 Å². The van der Waals surface area contributed by atoms with Gasteiger partial charge in [-0.2, -0.15) is 15.0 Å². The number of alkyl halides is 2. The van der Waals surface area contributed by atoms with E-state index in [4.69, 9.17) is 30.5 Å². The molecule has 21 nitrogen and oxygen atoms in total. The number of benzene rings is 3. The van der Waals surface area contributed by atoms with Gasteiger partial charge in [0.05, 0.1) is 64.5 Å². The Bertz CT molecular complexity index is 3000. The molecule has 3 aromatic carbocycles. The molecule has 4 amide bonds. The highest BCUT2D eigenvalue weighted by Gasteiger charge is 2.46. The van der Waals surface area contributed by atoms with Crippen LogP contribution < -0.4 is 40.4 Å². The number of piperazine rings is 1. The molecule has 0 saturated carbocycles. The van der Waals surface area contributed by atoms with Crippen molar-refractivity contribution >= 4 is 74.0 Å². The van der Waals surface area contributed by atoms with Gasteiger partial charge >= 0.3 is 12.3 Å². The molecule has 4 N–H and O–H groups in total. The first-order chi connectivity index (χ1) is 33.5. The van der Waals surface area contributed by atoms with Gasteiger partial charge in [-0.25, -0.2) is 8.42 Å². The first kappa shape index (κ1) is 47.8. The van der Waals surface area contributed by atoms with Crippen molar-refractivity contribution in [1.82, 2.24) is 35.1 Å². The summed E-state index contributed by atoms with van der Waals surface area (Å²) >= 11 is 6.63. The highest BCUT2D eigenvalue weighted by Crippen LogP contribution is 2.48. The zero-order valence-corrected chi connectivity index (χ0v) is 39.0. The molecular formula is C45H44ClF2N11O10S. The van der Waals surface area contributed by atoms with E-state index in [1.54, 1.807) is 36.4 Å². The fourth-order valence-electron chi connectivity index (χ4n) is 8.33. The molecular weight excluding hydrogens is 960 g/mol. The van der Waals surface area contributed by atoms with Crippen molar-refractivity contribution in [2.24, 2.45) is 0 Å². The second-order valence-electron chi connectivity index (χ2n) is 16.4. The summed E-state index contributed by atoms with van der Waals surface area (Å²) in [6.45, 7) is 4.18. The lowest BCUT2D eigenvalue weighted by molar-refractivity contribution is -0.287. The van der Waals surface area contributed by atoms with Crippen LogP contribution in [0.25, 0.3) is 0 Å². The van der Waals surface area contributed by atoms with Crippen molar-refractivity contribution in [3.8, 4) is 17.5 Å². The summed E-state index contributed by atoms with van der Waals surface area (Å²) in [5.74, 6) is -2.39. The van der Waals surface area contributed by atoms with Gasteiger partial charge in [-0.1, -0.05) is 23.7 Å². The standard InChI is InChI=1S/C45H44ClF2N11O10S/c1-66-44-55-42(52-32-24-26(70(2,64)65)9-11-31(32)51-36(37-30(46)6-4-14-50-37)28-5-3-7-34-38(28)69-45(47,48)68-34)54-43(56-44)58-18-16-57(17-19-58)20-22-67-21-15-49-25-8-10-27-29(23-25)41(63)59(40(27)62)33-12-13-35(60)53-39(33)61/h3-11,14,23-24,33,36,49,51H,12-13,15-22H2,1-2H3,(H,53,60,61)(H,52,54,55,56)/t33?,36-/m0/s1. The third-order valence-electron chi connectivity index (χ3n) is 11.8. The molecule has 2 atom stereocenters. The van der Waals surface area contributed by atoms with Crippen LogP contribution >= 0.6 is 11.6 Å². The molecule has 2 aromatic heterocycles. The van der Waals surface area contributed by atoms with Crippen LogP contribution in [0.4, 0.5) is 37.7 Å². The van der Waals surface area contributed by atoms with Gasteiger partial charge in [-0.3, -0.25) is 39.3 Å². The maximum absolute atomic E-state index is 14.4. The Morgan fingerprint density at radius 2 is 1.73 bits per heavy atom. The van der Waals surface area contributed by atoms with Gasteiger partial charge in [0.1, 0.15) is 6.04 Å². The highest BCUT2D eigenvalue weighted by molar-refractivity contribution is 7.90. The summed E-state index contributed by atoms with van der Waals surface area (Å²) < 4.78 is 75.4. The zero-order valence-electron chi connectivity index (χ0n) is 37.4. The lowest BCUT2D eigenvalue weighted by atomic mass is 10.0. The number of amides is 4. The molecule has 4 aliphatic rings. The number of rotatable bonds is 17. The Kier molecular flexibility index (Phi) is 13.4. The number of nitrogens with zero attached hydrogens (tertiary/aromatic N) is 7. The number of hydrogen-bond acceptors (Lipinski definition) is 19. The Morgan fingerprint density at radius 3 is 2.49 bits per heavy atom. The maximum atomic E-state index is 14.4. The molecule has 0 radical (unpaired) electrons. The third-order valence-corrected chi connectivity index (χ3v) is 13.2. The van der Waals surface area contributed by atoms with Crippen LogP contribution in [-0.2, 0) is 24.2 Å². The molecule has 4 aliphatic heterocycles. The minimum atomic E-state index is -3.92. The predicted octanol–water partition coefficient (Wildman–Crippen LogP) is 4.25. The van der Waals surface area contributed by atoms with Crippen LogP contribution in [0.15, 0.2) is 77.8 Å². The predicted molar refractivity (Wildman–Crippen MR) is 248 cm³/mol. The van der Waals surface area contributed by atoms with Crippen LogP contribution in [0.5, 0.6) is 17.5 Å². The van der Waals surface area contributed by atoms with E-state index in [9.17, 15) is 36.4 Å². The van der Waals surface area contributed by atoms with Gasteiger partial charge in [0, 0.05) is 69.4 Å². The normalized spacial score (nSPS) is 18.1. The summed E-state index contributed by atoms with van der Waals surface area (Å²) in [4.78, 5) is 73.2. The smallest absolute Gasteiger partial charge is 0.467 e. The van der Waals surface area contributed by atoms with E-state index in [-0.39, 0.29) is 80.0 Å². The average Bonchev–Trinajstić information content (AvgIpc) is 3.79. The number of carbonyl (C=O) groups is 4. The number of anilines is 5. The second kappa shape index (κ2) is 19.6. The monoisotopic (exact) mass is 1000 g/mol. The summed E-state index contributed by atoms with van der Waals surface area (Å²) in [5, 5.41) is 12.0. The quantitative estimate of drug-likeness (QED) is 0.0751. The highest BCUT2D eigenvalue weighted by atomic mass is 35.5. The third kappa shape index (κ3) is 10.2. The van der Waals surface area contributed by atoms with Crippen LogP contribution in [0, 0.1) is 0 Å². The molecule has 2 saturated heterocycles. The topological polar surface area (TPSA) is 249 Å². The first-order valence-electron chi connectivity index (χ1n) is 21.9. The number of fused-ring (bicyclic) bond motifs is 2. The molecule has 2 fully saturated rings. The van der Waals surface area contributed by atoms with Gasteiger partial charge in [0.15, 0.2) is 21.3 Å². The summed E-state index contributed by atoms with van der Waals surface area (Å²) in [5.41, 5.74) is 1.90. The number of ether oxygens (including phenoxy) is 4. The van der Waals surface area contributed by atoms with E-state index in [0.717, 1.165) is 11.2 Å². The zero-order chi connectivity index (χ0) is 49.3. The van der Waals surface area contributed by atoms with Gasteiger partial charge < -0.3 is 39.8 Å². The van der Waals surface area contributed by atoms with Gasteiger partial charge in [-0.15, -0.1) is 8.78 Å². The molecule has 5 aromatic rings. The molecule has 0 spiro atoms. The molecule has 0 aliphatic carbocycles. The Labute approximate surface area is 403 Å². The van der Waals surface area contributed by atoms with Crippen LogP contribution in [0.1, 0.15) is 50.9 Å². The molecule has 366 valence electrons. The lowest BCUT2D eigenvalue weighted by Crippen LogP contribution is -2.54. The Balaban J connectivity index is 0.822. The van der Waals surface area contributed by atoms with Gasteiger partial charge in [0.25, 0.3) is 11.8 Å². The number of aromatic nitrogens is 4. The van der Waals surface area contributed by atoms with Crippen molar-refractivity contribution in [2.45, 2.75) is 36.1 Å². The second-order valence-corrected chi connectivity index (χ2v) is 18.8. The number of methoxy groups -OCH3 is 1. The van der Waals surface area contributed by atoms with E-state index in [1.165, 1.54) is 43.6 Å². The number of carbonyl (C=O) groups excluding carboxylic acids is 4. The largest absolute Gasteiger partial charge is 0.586 e. The van der Waals surface area contributed by atoms with Crippen molar-refractivity contribution in [3.63, 3.8) is 0 Å². The van der Waals surface area contributed by atoms with E-state index < -0.39 is 51.8 Å². The van der Waals surface area contributed by atoms with Gasteiger partial charge in [-0.05, 0) is 61.0 Å². The Hall–Kier alpha value is -7.28. The van der Waals surface area contributed by atoms with Crippen molar-refractivity contribution in [2.75, 3.05) is 86.7 Å². The molecule has 70 heavy (non-hydrogen) atoms. The number of para-hydroxylation sites is 1. The van der Waals surface area contributed by atoms with Crippen molar-refractivity contribution < 1.29 is 55.3 Å². The number of pyridine rings is 1. The van der Waals surface area contributed by atoms with E-state index in [2.05, 4.69) is 46.1 Å².